The van der Waals surface area contributed by atoms with Crippen molar-refractivity contribution in [3.63, 3.8) is 0 Å². The number of nitrogens with one attached hydrogen (secondary N) is 2. The summed E-state index contributed by atoms with van der Waals surface area (Å²) in [6.45, 7) is 0. The molecule has 2 amide bonds. The molecule has 0 radical (unpaired) electrons. The van der Waals surface area contributed by atoms with Crippen molar-refractivity contribution in [2.45, 2.75) is 76.7 Å². The minimum absolute atomic E-state index is 0.146. The Kier molecular flexibility index (Phi) is 7.78. The van der Waals surface area contributed by atoms with Crippen molar-refractivity contribution in [1.82, 2.24) is 5.32 Å². The molecule has 1 saturated carbocycles. The lowest BCUT2D eigenvalue weighted by molar-refractivity contribution is 0.246. The number of benzene rings is 1. The van der Waals surface area contributed by atoms with Crippen LogP contribution in [-0.4, -0.2) is 17.2 Å². The van der Waals surface area contributed by atoms with Crippen LogP contribution in [0.5, 0.6) is 5.75 Å². The molecule has 23 heavy (non-hydrogen) atoms. The Hall–Kier alpha value is -1.71. The van der Waals surface area contributed by atoms with Gasteiger partial charge in [-0.3, -0.25) is 0 Å². The van der Waals surface area contributed by atoms with Crippen molar-refractivity contribution in [3.8, 4) is 5.75 Å². The highest BCUT2D eigenvalue weighted by atomic mass is 16.3. The van der Waals surface area contributed by atoms with Gasteiger partial charge in [-0.15, -0.1) is 0 Å². The molecule has 128 valence electrons. The first-order valence-electron chi connectivity index (χ1n) is 9.10. The third-order valence-electron chi connectivity index (χ3n) is 4.57. The van der Waals surface area contributed by atoms with Gasteiger partial charge in [-0.05, 0) is 37.1 Å². The second kappa shape index (κ2) is 10.1. The molecule has 1 fully saturated rings. The first-order valence-corrected chi connectivity index (χ1v) is 9.10. The van der Waals surface area contributed by atoms with Crippen molar-refractivity contribution in [2.24, 2.45) is 0 Å². The predicted octanol–water partition coefficient (Wildman–Crippen LogP) is 5.19. The van der Waals surface area contributed by atoms with E-state index >= 15 is 0 Å². The van der Waals surface area contributed by atoms with Gasteiger partial charge in [0, 0.05) is 11.7 Å². The van der Waals surface area contributed by atoms with Gasteiger partial charge < -0.3 is 15.7 Å². The monoisotopic (exact) mass is 318 g/mol. The van der Waals surface area contributed by atoms with Gasteiger partial charge in [0.05, 0.1) is 0 Å². The van der Waals surface area contributed by atoms with Gasteiger partial charge in [-0.25, -0.2) is 4.79 Å². The Morgan fingerprint density at radius 2 is 1.30 bits per heavy atom. The maximum absolute atomic E-state index is 12.2. The molecule has 3 N–H and O–H groups in total. The normalized spacial score (nSPS) is 18.4. The lowest BCUT2D eigenvalue weighted by atomic mass is 9.98. The quantitative estimate of drug-likeness (QED) is 0.657. The number of rotatable bonds is 2. The lowest BCUT2D eigenvalue weighted by Crippen LogP contribution is -2.38. The molecule has 2 rings (SSSR count). The molecule has 1 aromatic carbocycles. The minimum Gasteiger partial charge on any atom is -0.508 e. The van der Waals surface area contributed by atoms with Crippen LogP contribution < -0.4 is 10.6 Å². The second-order valence-electron chi connectivity index (χ2n) is 6.60. The summed E-state index contributed by atoms with van der Waals surface area (Å²) in [4.78, 5) is 12.2. The molecule has 1 aromatic rings. The first-order chi connectivity index (χ1) is 11.2. The highest BCUT2D eigenvalue weighted by Gasteiger charge is 2.12. The van der Waals surface area contributed by atoms with E-state index in [1.807, 2.05) is 0 Å². The number of hydrogen-bond donors (Lipinski definition) is 3. The zero-order valence-corrected chi connectivity index (χ0v) is 14.0. The van der Waals surface area contributed by atoms with Crippen molar-refractivity contribution >= 4 is 11.7 Å². The molecule has 0 atom stereocenters. The van der Waals surface area contributed by atoms with Crippen LogP contribution in [0, 0.1) is 0 Å². The largest absolute Gasteiger partial charge is 0.508 e. The molecule has 0 aliphatic heterocycles. The van der Waals surface area contributed by atoms with Crippen LogP contribution in [0.25, 0.3) is 0 Å². The zero-order valence-electron chi connectivity index (χ0n) is 14.0. The molecule has 1 aliphatic carbocycles. The van der Waals surface area contributed by atoms with Crippen LogP contribution >= 0.6 is 0 Å². The van der Waals surface area contributed by atoms with Crippen LogP contribution in [0.15, 0.2) is 24.3 Å². The van der Waals surface area contributed by atoms with Gasteiger partial charge >= 0.3 is 6.03 Å². The van der Waals surface area contributed by atoms with Gasteiger partial charge in [-0.1, -0.05) is 57.8 Å². The van der Waals surface area contributed by atoms with Crippen LogP contribution in [0.3, 0.4) is 0 Å². The minimum atomic E-state index is -0.146. The summed E-state index contributed by atoms with van der Waals surface area (Å²) in [6, 6.07) is 6.68. The summed E-state index contributed by atoms with van der Waals surface area (Å²) in [6.07, 6.45) is 13.9. The van der Waals surface area contributed by atoms with Crippen molar-refractivity contribution < 1.29 is 9.90 Å². The van der Waals surface area contributed by atoms with E-state index in [1.165, 1.54) is 57.8 Å². The third-order valence-corrected chi connectivity index (χ3v) is 4.57. The Balaban J connectivity index is 1.79. The summed E-state index contributed by atoms with van der Waals surface area (Å²) in [7, 11) is 0. The van der Waals surface area contributed by atoms with E-state index in [4.69, 9.17) is 0 Å². The third kappa shape index (κ3) is 7.40. The predicted molar refractivity (Wildman–Crippen MR) is 94.8 cm³/mol. The molecule has 0 spiro atoms. The molecule has 0 aromatic heterocycles. The zero-order chi connectivity index (χ0) is 16.3. The fourth-order valence-electron chi connectivity index (χ4n) is 3.20. The first kappa shape index (κ1) is 17.6. The topological polar surface area (TPSA) is 61.4 Å². The van der Waals surface area contributed by atoms with Crippen LogP contribution in [0.2, 0.25) is 0 Å². The number of phenolic OH excluding ortho intramolecular Hbond substituents is 1. The van der Waals surface area contributed by atoms with Crippen molar-refractivity contribution in [2.75, 3.05) is 5.32 Å². The summed E-state index contributed by atoms with van der Waals surface area (Å²) >= 11 is 0. The van der Waals surface area contributed by atoms with E-state index < -0.39 is 0 Å². The fourth-order valence-corrected chi connectivity index (χ4v) is 3.20. The molecule has 0 unspecified atom stereocenters. The number of hydrogen-bond acceptors (Lipinski definition) is 2. The summed E-state index contributed by atoms with van der Waals surface area (Å²) in [5.41, 5.74) is 0.702. The standard InChI is InChI=1S/C19H30N2O2/c22-18-14-12-17(13-15-18)21-19(23)20-16-10-8-6-4-2-1-3-5-7-9-11-16/h12-16,22H,1-11H2,(H2,20,21,23). The van der Waals surface area contributed by atoms with E-state index in [0.29, 0.717) is 5.69 Å². The highest BCUT2D eigenvalue weighted by molar-refractivity contribution is 5.89. The molecular formula is C19H30N2O2. The van der Waals surface area contributed by atoms with Crippen LogP contribution in [0.1, 0.15) is 70.6 Å². The SMILES string of the molecule is O=C(Nc1ccc(O)cc1)NC1CCCCCCCCCCC1. The second-order valence-corrected chi connectivity index (χ2v) is 6.60. The molecule has 4 nitrogen and oxygen atoms in total. The maximum atomic E-state index is 12.2. The Labute approximate surface area is 139 Å². The highest BCUT2D eigenvalue weighted by Crippen LogP contribution is 2.17. The smallest absolute Gasteiger partial charge is 0.319 e. The molecule has 1 aliphatic rings. The van der Waals surface area contributed by atoms with Gasteiger partial charge in [0.1, 0.15) is 5.75 Å². The molecule has 4 heteroatoms. The van der Waals surface area contributed by atoms with E-state index in [-0.39, 0.29) is 17.8 Å². The average molecular weight is 318 g/mol. The van der Waals surface area contributed by atoms with Gasteiger partial charge in [0.2, 0.25) is 0 Å². The lowest BCUT2D eigenvalue weighted by Gasteiger charge is -2.20. The van der Waals surface area contributed by atoms with E-state index in [9.17, 15) is 9.90 Å². The fraction of sp³-hybridized carbons (Fsp3) is 0.632. The van der Waals surface area contributed by atoms with Crippen LogP contribution in [0.4, 0.5) is 10.5 Å². The maximum Gasteiger partial charge on any atom is 0.319 e. The summed E-state index contributed by atoms with van der Waals surface area (Å²) in [5.74, 6) is 0.204. The van der Waals surface area contributed by atoms with Gasteiger partial charge in [0.15, 0.2) is 0 Å². The Morgan fingerprint density at radius 3 is 1.83 bits per heavy atom. The number of anilines is 1. The molecule has 0 bridgehead atoms. The number of aromatic hydroxyl groups is 1. The number of urea groups is 1. The van der Waals surface area contributed by atoms with Gasteiger partial charge in [0.25, 0.3) is 0 Å². The molecule has 0 heterocycles. The number of phenols is 1. The van der Waals surface area contributed by atoms with E-state index in [1.54, 1.807) is 24.3 Å². The van der Waals surface area contributed by atoms with Gasteiger partial charge in [-0.2, -0.15) is 0 Å². The van der Waals surface area contributed by atoms with E-state index in [2.05, 4.69) is 10.6 Å². The average Bonchev–Trinajstić information content (AvgIpc) is 2.52. The van der Waals surface area contributed by atoms with E-state index in [0.717, 1.165) is 12.8 Å². The number of carbonyl (C=O) groups is 1. The molecule has 0 saturated heterocycles. The number of amides is 2. The van der Waals surface area contributed by atoms with Crippen molar-refractivity contribution in [1.29, 1.82) is 0 Å². The number of carbonyl (C=O) groups excluding carboxylic acids is 1. The molecular weight excluding hydrogens is 288 g/mol. The van der Waals surface area contributed by atoms with Crippen molar-refractivity contribution in [3.05, 3.63) is 24.3 Å². The Morgan fingerprint density at radius 1 is 0.826 bits per heavy atom. The summed E-state index contributed by atoms with van der Waals surface area (Å²) in [5, 5.41) is 15.2. The summed E-state index contributed by atoms with van der Waals surface area (Å²) < 4.78 is 0. The van der Waals surface area contributed by atoms with Crippen LogP contribution in [-0.2, 0) is 0 Å². The Bertz CT molecular complexity index is 447.